The van der Waals surface area contributed by atoms with Crippen LogP contribution in [0.5, 0.6) is 0 Å². The van der Waals surface area contributed by atoms with Gasteiger partial charge in [-0.05, 0) is 30.9 Å². The summed E-state index contributed by atoms with van der Waals surface area (Å²) in [6.07, 6.45) is 2.27. The molecule has 0 spiro atoms. The fraction of sp³-hybridized carbons (Fsp3) is 0.286. The van der Waals surface area contributed by atoms with Crippen LogP contribution in [0.3, 0.4) is 0 Å². The van der Waals surface area contributed by atoms with Crippen LogP contribution in [-0.2, 0) is 11.2 Å². The zero-order valence-corrected chi connectivity index (χ0v) is 13.5. The van der Waals surface area contributed by atoms with Crippen LogP contribution in [0, 0.1) is 10.1 Å². The molecule has 0 aromatic carbocycles. The molecule has 1 amide bonds. The Labute approximate surface area is 136 Å². The van der Waals surface area contributed by atoms with E-state index in [9.17, 15) is 14.9 Å². The van der Waals surface area contributed by atoms with Gasteiger partial charge in [0.2, 0.25) is 5.91 Å². The molecule has 0 radical (unpaired) electrons. The first-order chi connectivity index (χ1) is 10.6. The van der Waals surface area contributed by atoms with Crippen LogP contribution in [-0.4, -0.2) is 27.6 Å². The van der Waals surface area contributed by atoms with E-state index in [0.29, 0.717) is 6.54 Å². The summed E-state index contributed by atoms with van der Waals surface area (Å²) in [7, 11) is 0. The number of thiophene rings is 1. The molecule has 0 unspecified atom stereocenters. The lowest BCUT2D eigenvalue weighted by Crippen LogP contribution is -2.32. The van der Waals surface area contributed by atoms with Crippen LogP contribution in [0.25, 0.3) is 0 Å². The van der Waals surface area contributed by atoms with Crippen molar-refractivity contribution in [2.24, 2.45) is 0 Å². The van der Waals surface area contributed by atoms with Gasteiger partial charge in [0.15, 0.2) is 5.03 Å². The highest BCUT2D eigenvalue weighted by Crippen LogP contribution is 2.29. The summed E-state index contributed by atoms with van der Waals surface area (Å²) < 4.78 is 0. The molecule has 1 atom stereocenters. The van der Waals surface area contributed by atoms with E-state index in [4.69, 9.17) is 0 Å². The van der Waals surface area contributed by atoms with E-state index in [-0.39, 0.29) is 16.6 Å². The number of aromatic nitrogens is 1. The third kappa shape index (κ3) is 4.54. The van der Waals surface area contributed by atoms with Gasteiger partial charge in [0, 0.05) is 23.7 Å². The molecule has 2 aromatic heterocycles. The zero-order valence-electron chi connectivity index (χ0n) is 11.9. The average molecular weight is 337 g/mol. The smallest absolute Gasteiger partial charge is 0.301 e. The van der Waals surface area contributed by atoms with Gasteiger partial charge in [-0.15, -0.1) is 11.3 Å². The number of nitro groups is 1. The number of hydrogen-bond donors (Lipinski definition) is 1. The maximum absolute atomic E-state index is 12.0. The number of thioether (sulfide) groups is 1. The van der Waals surface area contributed by atoms with Gasteiger partial charge in [0.25, 0.3) is 0 Å². The van der Waals surface area contributed by atoms with Crippen molar-refractivity contribution in [1.29, 1.82) is 0 Å². The second-order valence-corrected chi connectivity index (χ2v) is 6.83. The molecular weight excluding hydrogens is 322 g/mol. The van der Waals surface area contributed by atoms with Gasteiger partial charge in [-0.25, -0.2) is 4.98 Å². The van der Waals surface area contributed by atoms with Crippen molar-refractivity contribution in [3.05, 3.63) is 50.8 Å². The molecule has 0 aliphatic carbocycles. The van der Waals surface area contributed by atoms with Crippen molar-refractivity contribution in [3.8, 4) is 0 Å². The Balaban J connectivity index is 1.87. The SMILES string of the molecule is C[C@@H](Sc1ncccc1[N+](=O)[O-])C(=O)NCCc1cccs1. The second kappa shape index (κ2) is 7.90. The quantitative estimate of drug-likeness (QED) is 0.477. The van der Waals surface area contributed by atoms with Crippen molar-refractivity contribution >= 4 is 34.7 Å². The van der Waals surface area contributed by atoms with Crippen molar-refractivity contribution in [2.45, 2.75) is 23.6 Å². The first kappa shape index (κ1) is 16.4. The summed E-state index contributed by atoms with van der Waals surface area (Å²) >= 11 is 2.74. The predicted octanol–water partition coefficient (Wildman–Crippen LogP) is 2.89. The zero-order chi connectivity index (χ0) is 15.9. The number of hydrogen-bond acceptors (Lipinski definition) is 6. The summed E-state index contributed by atoms with van der Waals surface area (Å²) in [6.45, 7) is 2.26. The Morgan fingerprint density at radius 2 is 2.32 bits per heavy atom. The minimum atomic E-state index is -0.489. The summed E-state index contributed by atoms with van der Waals surface area (Å²) in [5.74, 6) is -0.151. The molecule has 2 aromatic rings. The van der Waals surface area contributed by atoms with Crippen molar-refractivity contribution in [2.75, 3.05) is 6.54 Å². The van der Waals surface area contributed by atoms with Crippen LogP contribution in [0.1, 0.15) is 11.8 Å². The molecule has 1 N–H and O–H groups in total. The number of rotatable bonds is 7. The minimum Gasteiger partial charge on any atom is -0.355 e. The van der Waals surface area contributed by atoms with E-state index >= 15 is 0 Å². The Hall–Kier alpha value is -1.93. The molecule has 0 bridgehead atoms. The number of carbonyl (C=O) groups excluding carboxylic acids is 1. The van der Waals surface area contributed by atoms with E-state index in [0.717, 1.165) is 18.2 Å². The lowest BCUT2D eigenvalue weighted by molar-refractivity contribution is -0.388. The molecule has 2 rings (SSSR count). The molecule has 116 valence electrons. The van der Waals surface area contributed by atoms with Crippen LogP contribution in [0.2, 0.25) is 0 Å². The topological polar surface area (TPSA) is 85.1 Å². The van der Waals surface area contributed by atoms with Crippen molar-refractivity contribution in [3.63, 3.8) is 0 Å². The van der Waals surface area contributed by atoms with Gasteiger partial charge >= 0.3 is 5.69 Å². The third-order valence-corrected chi connectivity index (χ3v) is 4.90. The molecule has 0 saturated heterocycles. The standard InChI is InChI=1S/C14H15N3O3S2/c1-10(13(18)15-8-6-11-4-3-9-21-11)22-14-12(17(19)20)5-2-7-16-14/h2-5,7,9-10H,6,8H2,1H3,(H,15,18)/t10-/m1/s1. The van der Waals surface area contributed by atoms with Crippen LogP contribution < -0.4 is 5.32 Å². The molecule has 22 heavy (non-hydrogen) atoms. The lowest BCUT2D eigenvalue weighted by atomic mass is 10.3. The molecular formula is C14H15N3O3S2. The number of amides is 1. The fourth-order valence-electron chi connectivity index (χ4n) is 1.74. The molecule has 0 aliphatic heterocycles. The van der Waals surface area contributed by atoms with E-state index < -0.39 is 10.2 Å². The summed E-state index contributed by atoms with van der Waals surface area (Å²) in [6, 6.07) is 6.89. The first-order valence-electron chi connectivity index (χ1n) is 6.64. The monoisotopic (exact) mass is 337 g/mol. The Kier molecular flexibility index (Phi) is 5.91. The summed E-state index contributed by atoms with van der Waals surface area (Å²) in [4.78, 5) is 27.7. The Morgan fingerprint density at radius 1 is 1.50 bits per heavy atom. The van der Waals surface area contributed by atoms with E-state index in [1.165, 1.54) is 23.2 Å². The number of carbonyl (C=O) groups is 1. The molecule has 2 heterocycles. The maximum Gasteiger partial charge on any atom is 0.301 e. The average Bonchev–Trinajstić information content (AvgIpc) is 3.00. The van der Waals surface area contributed by atoms with Gasteiger partial charge in [-0.1, -0.05) is 17.8 Å². The van der Waals surface area contributed by atoms with E-state index in [1.54, 1.807) is 18.3 Å². The fourth-order valence-corrected chi connectivity index (χ4v) is 3.36. The Bertz CT molecular complexity index is 647. The van der Waals surface area contributed by atoms with Crippen LogP contribution in [0.15, 0.2) is 40.9 Å². The molecule has 0 aliphatic rings. The van der Waals surface area contributed by atoms with E-state index in [1.807, 2.05) is 17.5 Å². The highest BCUT2D eigenvalue weighted by atomic mass is 32.2. The van der Waals surface area contributed by atoms with Gasteiger partial charge in [-0.3, -0.25) is 14.9 Å². The normalized spacial score (nSPS) is 11.9. The third-order valence-electron chi connectivity index (χ3n) is 2.86. The largest absolute Gasteiger partial charge is 0.355 e. The number of pyridine rings is 1. The van der Waals surface area contributed by atoms with Crippen LogP contribution in [0.4, 0.5) is 5.69 Å². The Morgan fingerprint density at radius 3 is 3.00 bits per heavy atom. The molecule has 6 nitrogen and oxygen atoms in total. The van der Waals surface area contributed by atoms with Gasteiger partial charge in [0.1, 0.15) is 0 Å². The highest BCUT2D eigenvalue weighted by Gasteiger charge is 2.21. The van der Waals surface area contributed by atoms with Gasteiger partial charge in [0.05, 0.1) is 10.2 Å². The van der Waals surface area contributed by atoms with Gasteiger partial charge in [-0.2, -0.15) is 0 Å². The van der Waals surface area contributed by atoms with Gasteiger partial charge < -0.3 is 5.32 Å². The number of nitrogens with zero attached hydrogens (tertiary/aromatic N) is 2. The summed E-state index contributed by atoms with van der Waals surface area (Å²) in [5, 5.41) is 15.6. The number of nitrogens with one attached hydrogen (secondary N) is 1. The lowest BCUT2D eigenvalue weighted by Gasteiger charge is -2.11. The molecule has 0 saturated carbocycles. The van der Waals surface area contributed by atoms with Crippen LogP contribution >= 0.6 is 23.1 Å². The maximum atomic E-state index is 12.0. The highest BCUT2D eigenvalue weighted by molar-refractivity contribution is 8.00. The first-order valence-corrected chi connectivity index (χ1v) is 8.40. The predicted molar refractivity (Wildman–Crippen MR) is 87.2 cm³/mol. The molecule has 0 fully saturated rings. The second-order valence-electron chi connectivity index (χ2n) is 4.47. The minimum absolute atomic E-state index is 0.0780. The van der Waals surface area contributed by atoms with Crippen molar-refractivity contribution < 1.29 is 9.72 Å². The van der Waals surface area contributed by atoms with E-state index in [2.05, 4.69) is 10.3 Å². The molecule has 8 heteroatoms. The summed E-state index contributed by atoms with van der Waals surface area (Å²) in [5.41, 5.74) is -0.0780. The van der Waals surface area contributed by atoms with Crippen molar-refractivity contribution in [1.82, 2.24) is 10.3 Å².